The van der Waals surface area contributed by atoms with Gasteiger partial charge in [-0.3, -0.25) is 0 Å². The minimum Gasteiger partial charge on any atom is -0.398 e. The van der Waals surface area contributed by atoms with Crippen molar-refractivity contribution in [2.45, 2.75) is 26.2 Å². The molecule has 94 valence electrons. The van der Waals surface area contributed by atoms with Gasteiger partial charge >= 0.3 is 0 Å². The lowest BCUT2D eigenvalue weighted by molar-refractivity contribution is 0.502. The third-order valence-electron chi connectivity index (χ3n) is 3.43. The van der Waals surface area contributed by atoms with Crippen LogP contribution in [0.15, 0.2) is 18.2 Å². The van der Waals surface area contributed by atoms with Crippen LogP contribution in [0.25, 0.3) is 10.6 Å². The first kappa shape index (κ1) is 12.0. The molecule has 1 aromatic heterocycles. The fourth-order valence-corrected chi connectivity index (χ4v) is 3.73. The van der Waals surface area contributed by atoms with Gasteiger partial charge in [0.15, 0.2) is 0 Å². The molecule has 0 bridgehead atoms. The standard InChI is InChI=1S/C14H15ClN2S/c1-8-2-5-12-13(6-8)18-14(17-12)9-3-4-10(15)11(16)7-9/h3-4,7-8H,2,5-6,16H2,1H3. The maximum absolute atomic E-state index is 5.95. The molecule has 2 aromatic rings. The number of aryl methyl sites for hydroxylation is 1. The summed E-state index contributed by atoms with van der Waals surface area (Å²) in [5, 5.41) is 1.67. The molecule has 18 heavy (non-hydrogen) atoms. The van der Waals surface area contributed by atoms with Gasteiger partial charge in [-0.15, -0.1) is 11.3 Å². The Morgan fingerprint density at radius 2 is 2.28 bits per heavy atom. The van der Waals surface area contributed by atoms with Crippen LogP contribution < -0.4 is 5.73 Å². The summed E-state index contributed by atoms with van der Waals surface area (Å²) in [7, 11) is 0. The minimum absolute atomic E-state index is 0.605. The number of rotatable bonds is 1. The molecule has 1 unspecified atom stereocenters. The number of hydrogen-bond donors (Lipinski definition) is 1. The van der Waals surface area contributed by atoms with Gasteiger partial charge in [-0.1, -0.05) is 24.6 Å². The first-order valence-corrected chi connectivity index (χ1v) is 7.37. The minimum atomic E-state index is 0.605. The van der Waals surface area contributed by atoms with E-state index < -0.39 is 0 Å². The lowest BCUT2D eigenvalue weighted by Gasteiger charge is -2.15. The molecule has 1 heterocycles. The van der Waals surface area contributed by atoms with Crippen molar-refractivity contribution >= 4 is 28.6 Å². The molecule has 0 radical (unpaired) electrons. The first-order valence-electron chi connectivity index (χ1n) is 6.17. The van der Waals surface area contributed by atoms with Crippen molar-refractivity contribution in [3.05, 3.63) is 33.8 Å². The van der Waals surface area contributed by atoms with E-state index in [1.807, 2.05) is 18.2 Å². The second kappa shape index (κ2) is 4.56. The highest BCUT2D eigenvalue weighted by atomic mass is 35.5. The third kappa shape index (κ3) is 2.13. The van der Waals surface area contributed by atoms with Crippen LogP contribution in [0.1, 0.15) is 23.9 Å². The Bertz CT molecular complexity index is 591. The number of halogens is 1. The summed E-state index contributed by atoms with van der Waals surface area (Å²) in [6, 6.07) is 5.75. The maximum Gasteiger partial charge on any atom is 0.123 e. The van der Waals surface area contributed by atoms with Gasteiger partial charge in [0.05, 0.1) is 16.4 Å². The molecule has 0 saturated heterocycles. The Morgan fingerprint density at radius 1 is 1.44 bits per heavy atom. The molecule has 0 fully saturated rings. The highest BCUT2D eigenvalue weighted by Gasteiger charge is 2.20. The topological polar surface area (TPSA) is 38.9 Å². The van der Waals surface area contributed by atoms with E-state index in [1.165, 1.54) is 17.0 Å². The predicted octanol–water partition coefficient (Wildman–Crippen LogP) is 4.17. The Labute approximate surface area is 116 Å². The molecule has 1 aliphatic rings. The molecule has 0 aliphatic heterocycles. The Balaban J connectivity index is 2.00. The van der Waals surface area contributed by atoms with Gasteiger partial charge in [0.25, 0.3) is 0 Å². The molecule has 0 spiro atoms. The van der Waals surface area contributed by atoms with Crippen LogP contribution in [0.3, 0.4) is 0 Å². The van der Waals surface area contributed by atoms with Gasteiger partial charge in [-0.2, -0.15) is 0 Å². The van der Waals surface area contributed by atoms with E-state index in [9.17, 15) is 0 Å². The van der Waals surface area contributed by atoms with Crippen LogP contribution in [0.4, 0.5) is 5.69 Å². The number of thiazole rings is 1. The van der Waals surface area contributed by atoms with Crippen LogP contribution in [0.2, 0.25) is 5.02 Å². The van der Waals surface area contributed by atoms with E-state index in [1.54, 1.807) is 11.3 Å². The van der Waals surface area contributed by atoms with Crippen molar-refractivity contribution in [3.8, 4) is 10.6 Å². The second-order valence-electron chi connectivity index (χ2n) is 4.97. The van der Waals surface area contributed by atoms with Gasteiger partial charge in [-0.05, 0) is 37.3 Å². The summed E-state index contributed by atoms with van der Waals surface area (Å²) in [6.07, 6.45) is 3.52. The molecule has 1 atom stereocenters. The van der Waals surface area contributed by atoms with Gasteiger partial charge < -0.3 is 5.73 Å². The van der Waals surface area contributed by atoms with Gasteiger partial charge in [0, 0.05) is 10.4 Å². The average molecular weight is 279 g/mol. The summed E-state index contributed by atoms with van der Waals surface area (Å²) in [4.78, 5) is 6.19. The Hall–Kier alpha value is -1.06. The van der Waals surface area contributed by atoms with Gasteiger partial charge in [0.1, 0.15) is 5.01 Å². The number of aromatic nitrogens is 1. The molecular formula is C14H15ClN2S. The molecule has 0 amide bonds. The lowest BCUT2D eigenvalue weighted by atomic mass is 9.93. The van der Waals surface area contributed by atoms with Crippen molar-refractivity contribution < 1.29 is 0 Å². The lowest BCUT2D eigenvalue weighted by Crippen LogP contribution is -2.09. The molecule has 3 rings (SSSR count). The number of anilines is 1. The highest BCUT2D eigenvalue weighted by Crippen LogP contribution is 2.35. The summed E-state index contributed by atoms with van der Waals surface area (Å²) in [5.41, 5.74) is 8.82. The number of nitrogens with two attached hydrogens (primary N) is 1. The van der Waals surface area contributed by atoms with Crippen molar-refractivity contribution in [2.24, 2.45) is 5.92 Å². The van der Waals surface area contributed by atoms with E-state index in [4.69, 9.17) is 22.3 Å². The Morgan fingerprint density at radius 3 is 3.06 bits per heavy atom. The van der Waals surface area contributed by atoms with E-state index in [0.717, 1.165) is 29.3 Å². The van der Waals surface area contributed by atoms with Crippen molar-refractivity contribution in [3.63, 3.8) is 0 Å². The zero-order valence-electron chi connectivity index (χ0n) is 10.2. The summed E-state index contributed by atoms with van der Waals surface area (Å²) >= 11 is 7.74. The predicted molar refractivity (Wildman–Crippen MR) is 78.2 cm³/mol. The van der Waals surface area contributed by atoms with Crippen molar-refractivity contribution in [2.75, 3.05) is 5.73 Å². The van der Waals surface area contributed by atoms with Gasteiger partial charge in [-0.25, -0.2) is 4.98 Å². The molecule has 0 saturated carbocycles. The summed E-state index contributed by atoms with van der Waals surface area (Å²) < 4.78 is 0. The normalized spacial score (nSPS) is 18.7. The molecule has 1 aliphatic carbocycles. The average Bonchev–Trinajstić information content (AvgIpc) is 2.75. The first-order chi connectivity index (χ1) is 8.63. The van der Waals surface area contributed by atoms with Crippen LogP contribution in [0, 0.1) is 5.92 Å². The quantitative estimate of drug-likeness (QED) is 0.795. The molecule has 1 aromatic carbocycles. The number of nitrogen functional groups attached to an aromatic ring is 1. The number of benzene rings is 1. The monoisotopic (exact) mass is 278 g/mol. The van der Waals surface area contributed by atoms with E-state index in [2.05, 4.69) is 6.92 Å². The fraction of sp³-hybridized carbons (Fsp3) is 0.357. The van der Waals surface area contributed by atoms with E-state index >= 15 is 0 Å². The number of nitrogens with zero attached hydrogens (tertiary/aromatic N) is 1. The smallest absolute Gasteiger partial charge is 0.123 e. The second-order valence-corrected chi connectivity index (χ2v) is 6.46. The molecule has 2 nitrogen and oxygen atoms in total. The van der Waals surface area contributed by atoms with Crippen molar-refractivity contribution in [1.29, 1.82) is 0 Å². The summed E-state index contributed by atoms with van der Waals surface area (Å²) in [5.74, 6) is 0.779. The molecule has 4 heteroatoms. The number of hydrogen-bond acceptors (Lipinski definition) is 3. The highest BCUT2D eigenvalue weighted by molar-refractivity contribution is 7.15. The number of fused-ring (bicyclic) bond motifs is 1. The van der Waals surface area contributed by atoms with Crippen LogP contribution in [-0.2, 0) is 12.8 Å². The zero-order valence-corrected chi connectivity index (χ0v) is 11.8. The van der Waals surface area contributed by atoms with Crippen LogP contribution in [0.5, 0.6) is 0 Å². The zero-order chi connectivity index (χ0) is 12.7. The fourth-order valence-electron chi connectivity index (χ4n) is 2.34. The van der Waals surface area contributed by atoms with Crippen LogP contribution in [-0.4, -0.2) is 4.98 Å². The Kier molecular flexibility index (Phi) is 3.04. The third-order valence-corrected chi connectivity index (χ3v) is 4.94. The molecular weight excluding hydrogens is 264 g/mol. The molecule has 2 N–H and O–H groups in total. The van der Waals surface area contributed by atoms with Crippen LogP contribution >= 0.6 is 22.9 Å². The van der Waals surface area contributed by atoms with E-state index in [-0.39, 0.29) is 0 Å². The van der Waals surface area contributed by atoms with Gasteiger partial charge in [0.2, 0.25) is 0 Å². The van der Waals surface area contributed by atoms with Crippen molar-refractivity contribution in [1.82, 2.24) is 4.98 Å². The SMILES string of the molecule is CC1CCc2nc(-c3ccc(Cl)c(N)c3)sc2C1. The maximum atomic E-state index is 5.95. The summed E-state index contributed by atoms with van der Waals surface area (Å²) in [6.45, 7) is 2.31. The van der Waals surface area contributed by atoms with E-state index in [0.29, 0.717) is 10.7 Å². The largest absolute Gasteiger partial charge is 0.398 e.